The molecule has 2 aliphatic rings. The van der Waals surface area contributed by atoms with Crippen LogP contribution in [-0.2, 0) is 0 Å². The fraction of sp³-hybridized carbons (Fsp3) is 1.00. The molecule has 4 heteroatoms. The van der Waals surface area contributed by atoms with Crippen LogP contribution in [0.15, 0.2) is 0 Å². The Bertz CT molecular complexity index is 335. The molecule has 1 heterocycles. The summed E-state index contributed by atoms with van der Waals surface area (Å²) < 4.78 is 28.7. The van der Waals surface area contributed by atoms with E-state index >= 15 is 0 Å². The summed E-state index contributed by atoms with van der Waals surface area (Å²) in [5.74, 6) is -1.52. The maximum atomic E-state index is 14.3. The van der Waals surface area contributed by atoms with Crippen molar-refractivity contribution in [3.8, 4) is 0 Å². The smallest absolute Gasteiger partial charge is 0.251 e. The molecule has 1 saturated carbocycles. The van der Waals surface area contributed by atoms with E-state index in [1.54, 1.807) is 6.92 Å². The van der Waals surface area contributed by atoms with Gasteiger partial charge in [-0.25, -0.2) is 8.78 Å². The van der Waals surface area contributed by atoms with Gasteiger partial charge in [-0.05, 0) is 70.1 Å². The Morgan fingerprint density at radius 3 is 2.62 bits per heavy atom. The monoisotopic (exact) mass is 302 g/mol. The molecular formula is C17H32F2N2. The van der Waals surface area contributed by atoms with Gasteiger partial charge in [-0.2, -0.15) is 0 Å². The number of alkyl halides is 2. The third kappa shape index (κ3) is 3.76. The van der Waals surface area contributed by atoms with E-state index in [1.165, 1.54) is 0 Å². The van der Waals surface area contributed by atoms with Crippen LogP contribution in [0.1, 0.15) is 39.5 Å². The maximum Gasteiger partial charge on any atom is 0.251 e. The Labute approximate surface area is 128 Å². The Balaban J connectivity index is 2.15. The number of rotatable bonds is 5. The minimum atomic E-state index is -2.47. The zero-order chi connectivity index (χ0) is 15.6. The van der Waals surface area contributed by atoms with Crippen LogP contribution in [0.5, 0.6) is 0 Å². The number of hydrogen-bond donors (Lipinski definition) is 1. The first-order valence-electron chi connectivity index (χ1n) is 8.63. The molecule has 2 nitrogen and oxygen atoms in total. The van der Waals surface area contributed by atoms with Crippen molar-refractivity contribution in [2.24, 2.45) is 29.6 Å². The van der Waals surface area contributed by atoms with Crippen molar-refractivity contribution in [3.63, 3.8) is 0 Å². The van der Waals surface area contributed by atoms with Crippen LogP contribution in [-0.4, -0.2) is 44.6 Å². The summed E-state index contributed by atoms with van der Waals surface area (Å²) in [6.07, 6.45) is 3.29. The number of halogens is 2. The van der Waals surface area contributed by atoms with Crippen molar-refractivity contribution < 1.29 is 8.78 Å². The van der Waals surface area contributed by atoms with Crippen molar-refractivity contribution in [1.82, 2.24) is 10.2 Å². The highest BCUT2D eigenvalue weighted by molar-refractivity contribution is 5.08. The number of nitrogens with zero attached hydrogens (tertiary/aromatic N) is 1. The molecule has 0 aromatic carbocycles. The summed E-state index contributed by atoms with van der Waals surface area (Å²) in [6, 6.07) is 0. The van der Waals surface area contributed by atoms with Gasteiger partial charge in [-0.1, -0.05) is 13.8 Å². The van der Waals surface area contributed by atoms with Crippen molar-refractivity contribution in [1.29, 1.82) is 0 Å². The molecular weight excluding hydrogens is 270 g/mol. The molecule has 21 heavy (non-hydrogen) atoms. The molecule has 0 spiro atoms. The normalized spacial score (nSPS) is 38.3. The van der Waals surface area contributed by atoms with E-state index in [-0.39, 0.29) is 24.2 Å². The minimum absolute atomic E-state index is 0.00796. The van der Waals surface area contributed by atoms with Crippen molar-refractivity contribution in [3.05, 3.63) is 0 Å². The van der Waals surface area contributed by atoms with E-state index in [2.05, 4.69) is 24.2 Å². The van der Waals surface area contributed by atoms with E-state index in [4.69, 9.17) is 0 Å². The second-order valence-corrected chi connectivity index (χ2v) is 7.33. The third-order valence-corrected chi connectivity index (χ3v) is 5.77. The second kappa shape index (κ2) is 6.91. The zero-order valence-electron chi connectivity index (χ0n) is 14.0. The zero-order valence-corrected chi connectivity index (χ0v) is 14.0. The van der Waals surface area contributed by atoms with Gasteiger partial charge in [0.25, 0.3) is 5.92 Å². The highest BCUT2D eigenvalue weighted by Gasteiger charge is 2.65. The van der Waals surface area contributed by atoms with Crippen molar-refractivity contribution in [2.45, 2.75) is 45.5 Å². The summed E-state index contributed by atoms with van der Waals surface area (Å²) in [7, 11) is 4.09. The Hall–Kier alpha value is -0.220. The third-order valence-electron chi connectivity index (χ3n) is 5.77. The average Bonchev–Trinajstić information content (AvgIpc) is 3.17. The van der Waals surface area contributed by atoms with Gasteiger partial charge in [0.05, 0.1) is 0 Å². The van der Waals surface area contributed by atoms with E-state index in [0.29, 0.717) is 11.8 Å². The van der Waals surface area contributed by atoms with Gasteiger partial charge >= 0.3 is 0 Å². The summed E-state index contributed by atoms with van der Waals surface area (Å²) in [5, 5.41) is 3.20. The fourth-order valence-corrected chi connectivity index (χ4v) is 4.69. The highest BCUT2D eigenvalue weighted by Crippen LogP contribution is 2.63. The molecule has 2 rings (SSSR count). The summed E-state index contributed by atoms with van der Waals surface area (Å²) in [4.78, 5) is 2.33. The van der Waals surface area contributed by atoms with Crippen LogP contribution in [0.25, 0.3) is 0 Å². The first-order valence-corrected chi connectivity index (χ1v) is 8.63. The first kappa shape index (κ1) is 17.1. The van der Waals surface area contributed by atoms with Crippen LogP contribution in [0.3, 0.4) is 0 Å². The molecule has 1 aliphatic carbocycles. The Kier molecular flexibility index (Phi) is 5.64. The standard InChI is InChI=1S/C17H32F2N2/c1-5-17(18,19)16-14-12(2)11-21(4)10-6-7-13(15(14)16)8-9-20-3/h12-16,20H,5-11H2,1-4H3. The van der Waals surface area contributed by atoms with Gasteiger partial charge in [-0.15, -0.1) is 0 Å². The topological polar surface area (TPSA) is 15.3 Å². The molecule has 0 aromatic heterocycles. The van der Waals surface area contributed by atoms with Crippen molar-refractivity contribution >= 4 is 0 Å². The molecule has 124 valence electrons. The summed E-state index contributed by atoms with van der Waals surface area (Å²) in [6.45, 7) is 6.84. The van der Waals surface area contributed by atoms with E-state index < -0.39 is 5.92 Å². The molecule has 0 bridgehead atoms. The lowest BCUT2D eigenvalue weighted by Crippen LogP contribution is -2.28. The van der Waals surface area contributed by atoms with Gasteiger partial charge in [0.1, 0.15) is 0 Å². The van der Waals surface area contributed by atoms with Gasteiger partial charge < -0.3 is 10.2 Å². The minimum Gasteiger partial charge on any atom is -0.320 e. The summed E-state index contributed by atoms with van der Waals surface area (Å²) in [5.41, 5.74) is 0. The Morgan fingerprint density at radius 2 is 2.00 bits per heavy atom. The number of nitrogens with one attached hydrogen (secondary N) is 1. The lowest BCUT2D eigenvalue weighted by Gasteiger charge is -2.23. The average molecular weight is 302 g/mol. The molecule has 2 fully saturated rings. The molecule has 5 atom stereocenters. The molecule has 5 unspecified atom stereocenters. The molecule has 1 N–H and O–H groups in total. The maximum absolute atomic E-state index is 14.3. The largest absolute Gasteiger partial charge is 0.320 e. The second-order valence-electron chi connectivity index (χ2n) is 7.33. The van der Waals surface area contributed by atoms with Gasteiger partial charge in [0.2, 0.25) is 0 Å². The van der Waals surface area contributed by atoms with Gasteiger partial charge in [0.15, 0.2) is 0 Å². The van der Waals surface area contributed by atoms with E-state index in [9.17, 15) is 8.78 Å². The SMILES string of the molecule is CCC(F)(F)C1C2C(C)CN(C)CCCC(CCNC)C21. The predicted octanol–water partition coefficient (Wildman–Crippen LogP) is 3.48. The van der Waals surface area contributed by atoms with Crippen LogP contribution >= 0.6 is 0 Å². The Morgan fingerprint density at radius 1 is 1.29 bits per heavy atom. The fourth-order valence-electron chi connectivity index (χ4n) is 4.69. The van der Waals surface area contributed by atoms with E-state index in [0.717, 1.165) is 38.9 Å². The summed E-state index contributed by atoms with van der Waals surface area (Å²) >= 11 is 0. The quantitative estimate of drug-likeness (QED) is 0.836. The lowest BCUT2D eigenvalue weighted by molar-refractivity contribution is -0.0400. The van der Waals surface area contributed by atoms with Crippen molar-refractivity contribution in [2.75, 3.05) is 33.7 Å². The molecule has 1 saturated heterocycles. The molecule has 0 aromatic rings. The van der Waals surface area contributed by atoms with Crippen LogP contribution < -0.4 is 5.32 Å². The first-order chi connectivity index (χ1) is 9.92. The van der Waals surface area contributed by atoms with E-state index in [1.807, 2.05) is 7.05 Å². The molecule has 1 aliphatic heterocycles. The predicted molar refractivity (Wildman–Crippen MR) is 83.6 cm³/mol. The van der Waals surface area contributed by atoms with Crippen LogP contribution in [0.4, 0.5) is 8.78 Å². The van der Waals surface area contributed by atoms with Gasteiger partial charge in [-0.3, -0.25) is 0 Å². The highest BCUT2D eigenvalue weighted by atomic mass is 19.3. The lowest BCUT2D eigenvalue weighted by atomic mass is 9.90. The molecule has 0 radical (unpaired) electrons. The van der Waals surface area contributed by atoms with Crippen LogP contribution in [0.2, 0.25) is 0 Å². The number of hydrogen-bond acceptors (Lipinski definition) is 2. The van der Waals surface area contributed by atoms with Gasteiger partial charge in [0, 0.05) is 18.9 Å². The van der Waals surface area contributed by atoms with Crippen LogP contribution in [0, 0.1) is 29.6 Å². The molecule has 0 amide bonds. The number of fused-ring (bicyclic) bond motifs is 1.